The minimum Gasteiger partial charge on any atom is -0.388 e. The van der Waals surface area contributed by atoms with Crippen LogP contribution in [-0.4, -0.2) is 15.3 Å². The number of aryl methyl sites for hydroxylation is 2. The summed E-state index contributed by atoms with van der Waals surface area (Å²) < 4.78 is 2.01. The van der Waals surface area contributed by atoms with Crippen LogP contribution in [0, 0.1) is 13.8 Å². The van der Waals surface area contributed by atoms with Gasteiger partial charge in [-0.3, -0.25) is 4.79 Å². The van der Waals surface area contributed by atoms with E-state index < -0.39 is 11.1 Å². The average molecular weight is 223 g/mol. The summed E-state index contributed by atoms with van der Waals surface area (Å²) in [6, 6.07) is 3.20. The Morgan fingerprint density at radius 2 is 1.44 bits per heavy atom. The molecule has 0 radical (unpaired) electrons. The second kappa shape index (κ2) is 3.74. The first-order valence-electron chi connectivity index (χ1n) is 5.50. The van der Waals surface area contributed by atoms with Gasteiger partial charge in [-0.15, -0.1) is 0 Å². The van der Waals surface area contributed by atoms with Crippen molar-refractivity contribution in [1.82, 2.24) is 4.57 Å². The molecule has 1 aromatic rings. The van der Waals surface area contributed by atoms with Crippen molar-refractivity contribution in [3.05, 3.63) is 33.7 Å². The number of pyridine rings is 1. The number of hydrogen-bond donors (Lipinski definition) is 1. The summed E-state index contributed by atoms with van der Waals surface area (Å²) >= 11 is 0. The van der Waals surface area contributed by atoms with Crippen molar-refractivity contribution < 1.29 is 5.11 Å². The largest absolute Gasteiger partial charge is 0.388 e. The predicted molar refractivity (Wildman–Crippen MR) is 65.8 cm³/mol. The van der Waals surface area contributed by atoms with Gasteiger partial charge in [0.15, 0.2) is 5.43 Å². The van der Waals surface area contributed by atoms with Crippen LogP contribution in [0.1, 0.15) is 39.1 Å². The second-order valence-corrected chi connectivity index (χ2v) is 5.43. The molecule has 0 aliphatic heterocycles. The fourth-order valence-corrected chi connectivity index (χ4v) is 2.02. The van der Waals surface area contributed by atoms with Gasteiger partial charge in [0, 0.05) is 23.5 Å². The Kier molecular flexibility index (Phi) is 3.03. The molecule has 0 aliphatic carbocycles. The molecule has 3 nitrogen and oxygen atoms in total. The Bertz CT molecular complexity index is 424. The molecule has 0 spiro atoms. The Balaban J connectivity index is 3.51. The number of nitrogens with zero attached hydrogens (tertiary/aromatic N) is 1. The minimum atomic E-state index is -0.864. The highest BCUT2D eigenvalue weighted by Gasteiger charge is 2.37. The van der Waals surface area contributed by atoms with Crippen molar-refractivity contribution in [2.24, 2.45) is 0 Å². The van der Waals surface area contributed by atoms with E-state index in [0.29, 0.717) is 0 Å². The van der Waals surface area contributed by atoms with Crippen molar-refractivity contribution >= 4 is 0 Å². The highest BCUT2D eigenvalue weighted by Crippen LogP contribution is 2.31. The SMILES string of the molecule is Cc1cc(=O)cc(C)n1C(C)(C)C(C)(C)O. The first kappa shape index (κ1) is 13.0. The van der Waals surface area contributed by atoms with Gasteiger partial charge in [0.1, 0.15) is 0 Å². The predicted octanol–water partition coefficient (Wildman–Crippen LogP) is 1.97. The van der Waals surface area contributed by atoms with Gasteiger partial charge in [-0.25, -0.2) is 0 Å². The van der Waals surface area contributed by atoms with Gasteiger partial charge in [0.05, 0.1) is 11.1 Å². The molecule has 0 amide bonds. The van der Waals surface area contributed by atoms with Crippen LogP contribution in [0.2, 0.25) is 0 Å². The molecule has 1 heterocycles. The van der Waals surface area contributed by atoms with Gasteiger partial charge in [0.25, 0.3) is 0 Å². The zero-order valence-corrected chi connectivity index (χ0v) is 11.0. The van der Waals surface area contributed by atoms with Gasteiger partial charge in [-0.05, 0) is 41.5 Å². The van der Waals surface area contributed by atoms with Crippen LogP contribution in [0.3, 0.4) is 0 Å². The first-order chi connectivity index (χ1) is 7.07. The summed E-state index contributed by atoms with van der Waals surface area (Å²) in [7, 11) is 0. The maximum Gasteiger partial charge on any atom is 0.182 e. The molecular formula is C13H21NO2. The lowest BCUT2D eigenvalue weighted by Crippen LogP contribution is -2.49. The van der Waals surface area contributed by atoms with E-state index in [1.54, 1.807) is 26.0 Å². The molecule has 0 aromatic carbocycles. The summed E-state index contributed by atoms with van der Waals surface area (Å²) in [4.78, 5) is 11.4. The van der Waals surface area contributed by atoms with Crippen molar-refractivity contribution in [2.75, 3.05) is 0 Å². The van der Waals surface area contributed by atoms with Crippen molar-refractivity contribution in [2.45, 2.75) is 52.7 Å². The molecule has 16 heavy (non-hydrogen) atoms. The molecular weight excluding hydrogens is 202 g/mol. The van der Waals surface area contributed by atoms with E-state index >= 15 is 0 Å². The van der Waals surface area contributed by atoms with Crippen molar-refractivity contribution in [3.63, 3.8) is 0 Å². The molecule has 3 heteroatoms. The number of aliphatic hydroxyl groups is 1. The van der Waals surface area contributed by atoms with E-state index in [1.165, 1.54) is 0 Å². The third kappa shape index (κ3) is 2.05. The number of rotatable bonds is 2. The Labute approximate surface area is 96.7 Å². The monoisotopic (exact) mass is 223 g/mol. The maximum absolute atomic E-state index is 11.4. The maximum atomic E-state index is 11.4. The number of aromatic nitrogens is 1. The molecule has 0 fully saturated rings. The Morgan fingerprint density at radius 1 is 1.06 bits per heavy atom. The molecule has 0 unspecified atom stereocenters. The molecule has 0 saturated carbocycles. The summed E-state index contributed by atoms with van der Waals surface area (Å²) in [5.41, 5.74) is 0.430. The van der Waals surface area contributed by atoms with Gasteiger partial charge < -0.3 is 9.67 Å². The molecule has 1 rings (SSSR count). The summed E-state index contributed by atoms with van der Waals surface area (Å²) in [6.45, 7) is 11.3. The van der Waals surface area contributed by atoms with Gasteiger partial charge in [-0.2, -0.15) is 0 Å². The average Bonchev–Trinajstić information content (AvgIpc) is 1.97. The van der Waals surface area contributed by atoms with Crippen LogP contribution in [0.15, 0.2) is 16.9 Å². The van der Waals surface area contributed by atoms with Crippen LogP contribution in [0.5, 0.6) is 0 Å². The standard InChI is InChI=1S/C13H21NO2/c1-9-7-11(15)8-10(2)14(9)12(3,4)13(5,6)16/h7-8,16H,1-6H3. The molecule has 90 valence electrons. The molecule has 1 aromatic heterocycles. The van der Waals surface area contributed by atoms with E-state index in [0.717, 1.165) is 11.4 Å². The zero-order valence-electron chi connectivity index (χ0n) is 11.0. The van der Waals surface area contributed by atoms with E-state index in [9.17, 15) is 9.90 Å². The lowest BCUT2D eigenvalue weighted by Gasteiger charge is -2.42. The third-order valence-electron chi connectivity index (χ3n) is 3.46. The fourth-order valence-electron chi connectivity index (χ4n) is 2.02. The van der Waals surface area contributed by atoms with Crippen LogP contribution < -0.4 is 5.43 Å². The zero-order chi connectivity index (χ0) is 12.7. The highest BCUT2D eigenvalue weighted by molar-refractivity contribution is 5.17. The van der Waals surface area contributed by atoms with E-state index in [4.69, 9.17) is 0 Å². The molecule has 0 atom stereocenters. The van der Waals surface area contributed by atoms with E-state index in [1.807, 2.05) is 32.3 Å². The highest BCUT2D eigenvalue weighted by atomic mass is 16.3. The first-order valence-corrected chi connectivity index (χ1v) is 5.50. The molecule has 0 saturated heterocycles. The fraction of sp³-hybridized carbons (Fsp3) is 0.615. The van der Waals surface area contributed by atoms with Crippen LogP contribution in [0.25, 0.3) is 0 Å². The van der Waals surface area contributed by atoms with Crippen LogP contribution in [0.4, 0.5) is 0 Å². The lowest BCUT2D eigenvalue weighted by atomic mass is 9.84. The van der Waals surface area contributed by atoms with Gasteiger partial charge in [-0.1, -0.05) is 0 Å². The number of hydrogen-bond acceptors (Lipinski definition) is 2. The Hall–Kier alpha value is -1.09. The normalized spacial score (nSPS) is 12.9. The summed E-state index contributed by atoms with van der Waals surface area (Å²) in [5, 5.41) is 10.2. The Morgan fingerprint density at radius 3 is 1.75 bits per heavy atom. The summed E-state index contributed by atoms with van der Waals surface area (Å²) in [6.07, 6.45) is 0. The van der Waals surface area contributed by atoms with Crippen molar-refractivity contribution in [3.8, 4) is 0 Å². The van der Waals surface area contributed by atoms with Crippen LogP contribution >= 0.6 is 0 Å². The minimum absolute atomic E-state index is 0.0118. The third-order valence-corrected chi connectivity index (χ3v) is 3.46. The second-order valence-electron chi connectivity index (χ2n) is 5.43. The molecule has 1 N–H and O–H groups in total. The molecule has 0 aliphatic rings. The lowest BCUT2D eigenvalue weighted by molar-refractivity contribution is -0.0283. The quantitative estimate of drug-likeness (QED) is 0.833. The van der Waals surface area contributed by atoms with Crippen LogP contribution in [-0.2, 0) is 5.54 Å². The van der Waals surface area contributed by atoms with Gasteiger partial charge >= 0.3 is 0 Å². The summed E-state index contributed by atoms with van der Waals surface area (Å²) in [5.74, 6) is 0. The van der Waals surface area contributed by atoms with Crippen molar-refractivity contribution in [1.29, 1.82) is 0 Å². The van der Waals surface area contributed by atoms with Gasteiger partial charge in [0.2, 0.25) is 0 Å². The van der Waals surface area contributed by atoms with E-state index in [-0.39, 0.29) is 5.43 Å². The topological polar surface area (TPSA) is 42.2 Å². The van der Waals surface area contributed by atoms with E-state index in [2.05, 4.69) is 0 Å². The smallest absolute Gasteiger partial charge is 0.182 e. The molecule has 0 bridgehead atoms.